The number of nitrogens with one attached hydrogen (secondary N) is 2. The van der Waals surface area contributed by atoms with Gasteiger partial charge in [-0.05, 0) is 46.6 Å². The summed E-state index contributed by atoms with van der Waals surface area (Å²) in [5.41, 5.74) is 5.41. The van der Waals surface area contributed by atoms with Crippen molar-refractivity contribution < 1.29 is 4.79 Å². The van der Waals surface area contributed by atoms with E-state index >= 15 is 0 Å². The number of rotatable bonds is 4. The van der Waals surface area contributed by atoms with Crippen molar-refractivity contribution in [3.8, 4) is 0 Å². The number of primary amides is 1. The number of amides is 1. The van der Waals surface area contributed by atoms with E-state index in [1.807, 2.05) is 0 Å². The number of hydrogen-bond donors (Lipinski definition) is 3. The molecule has 4 N–H and O–H groups in total. The van der Waals surface area contributed by atoms with Gasteiger partial charge in [0.05, 0.1) is 6.04 Å². The minimum absolute atomic E-state index is 0.107. The Morgan fingerprint density at radius 2 is 2.13 bits per heavy atom. The van der Waals surface area contributed by atoms with Crippen LogP contribution in [0, 0.1) is 0 Å². The Morgan fingerprint density at radius 1 is 1.47 bits per heavy atom. The fourth-order valence-electron chi connectivity index (χ4n) is 1.89. The molecule has 4 heteroatoms. The minimum Gasteiger partial charge on any atom is -0.368 e. The van der Waals surface area contributed by atoms with Crippen molar-refractivity contribution in [3.63, 3.8) is 0 Å². The fourth-order valence-corrected chi connectivity index (χ4v) is 1.89. The summed E-state index contributed by atoms with van der Waals surface area (Å²) in [6, 6.07) is 0.335. The Bertz CT molecular complexity index is 222. The van der Waals surface area contributed by atoms with Gasteiger partial charge in [0.25, 0.3) is 0 Å². The van der Waals surface area contributed by atoms with Crippen LogP contribution < -0.4 is 16.4 Å². The molecule has 1 heterocycles. The van der Waals surface area contributed by atoms with Crippen molar-refractivity contribution in [2.45, 2.75) is 57.7 Å². The maximum absolute atomic E-state index is 10.9. The molecule has 0 aromatic heterocycles. The van der Waals surface area contributed by atoms with E-state index < -0.39 is 0 Å². The van der Waals surface area contributed by atoms with E-state index in [1.54, 1.807) is 0 Å². The molecular formula is C11H23N3O. The second-order valence-corrected chi connectivity index (χ2v) is 5.36. The van der Waals surface area contributed by atoms with Crippen LogP contribution >= 0.6 is 0 Å². The molecule has 0 aromatic rings. The van der Waals surface area contributed by atoms with Crippen LogP contribution in [0.1, 0.15) is 40.0 Å². The van der Waals surface area contributed by atoms with Crippen molar-refractivity contribution in [1.29, 1.82) is 0 Å². The first kappa shape index (κ1) is 12.5. The Hall–Kier alpha value is -0.610. The summed E-state index contributed by atoms with van der Waals surface area (Å²) in [5.74, 6) is -0.221. The molecule has 0 radical (unpaired) electrons. The molecule has 1 rings (SSSR count). The Balaban J connectivity index is 2.17. The summed E-state index contributed by atoms with van der Waals surface area (Å²) in [6.45, 7) is 7.44. The van der Waals surface area contributed by atoms with E-state index in [9.17, 15) is 4.79 Å². The van der Waals surface area contributed by atoms with E-state index in [4.69, 9.17) is 5.73 Å². The molecule has 0 spiro atoms. The highest BCUT2D eigenvalue weighted by molar-refractivity contribution is 5.80. The van der Waals surface area contributed by atoms with Gasteiger partial charge < -0.3 is 16.4 Å². The summed E-state index contributed by atoms with van der Waals surface area (Å²) < 4.78 is 0. The zero-order valence-corrected chi connectivity index (χ0v) is 9.97. The van der Waals surface area contributed by atoms with Gasteiger partial charge in [-0.15, -0.1) is 0 Å². The zero-order chi connectivity index (χ0) is 11.5. The molecule has 0 aromatic carbocycles. The number of nitrogens with two attached hydrogens (primary N) is 1. The van der Waals surface area contributed by atoms with E-state index in [2.05, 4.69) is 31.4 Å². The van der Waals surface area contributed by atoms with Gasteiger partial charge in [-0.1, -0.05) is 0 Å². The van der Waals surface area contributed by atoms with Crippen LogP contribution in [0.5, 0.6) is 0 Å². The van der Waals surface area contributed by atoms with Crippen LogP contribution in [0.25, 0.3) is 0 Å². The molecule has 2 atom stereocenters. The minimum atomic E-state index is -0.221. The predicted octanol–water partition coefficient (Wildman–Crippen LogP) is 0.371. The first-order valence-electron chi connectivity index (χ1n) is 5.69. The van der Waals surface area contributed by atoms with Crippen molar-refractivity contribution in [1.82, 2.24) is 10.6 Å². The second-order valence-electron chi connectivity index (χ2n) is 5.36. The molecule has 0 saturated carbocycles. The smallest absolute Gasteiger partial charge is 0.234 e. The summed E-state index contributed by atoms with van der Waals surface area (Å²) in [6.07, 6.45) is 3.00. The average Bonchev–Trinajstić information content (AvgIpc) is 2.50. The van der Waals surface area contributed by atoms with Crippen LogP contribution in [-0.4, -0.2) is 30.1 Å². The lowest BCUT2D eigenvalue weighted by atomic mass is 10.1. The van der Waals surface area contributed by atoms with Gasteiger partial charge in [0.1, 0.15) is 0 Å². The van der Waals surface area contributed by atoms with Gasteiger partial charge in [-0.2, -0.15) is 0 Å². The molecule has 1 amide bonds. The number of carbonyl (C=O) groups excluding carboxylic acids is 1. The molecule has 0 aliphatic carbocycles. The molecule has 1 saturated heterocycles. The molecular weight excluding hydrogens is 190 g/mol. The second kappa shape index (κ2) is 4.94. The molecule has 0 bridgehead atoms. The third-order valence-electron chi connectivity index (χ3n) is 2.73. The summed E-state index contributed by atoms with van der Waals surface area (Å²) in [4.78, 5) is 10.9. The molecule has 1 aliphatic heterocycles. The SMILES string of the molecule is CC(C)(C)NCCC1CCC(C(N)=O)N1. The molecule has 2 unspecified atom stereocenters. The quantitative estimate of drug-likeness (QED) is 0.632. The van der Waals surface area contributed by atoms with E-state index in [1.165, 1.54) is 0 Å². The van der Waals surface area contributed by atoms with Crippen molar-refractivity contribution >= 4 is 5.91 Å². The molecule has 88 valence electrons. The van der Waals surface area contributed by atoms with Crippen LogP contribution in [0.15, 0.2) is 0 Å². The third-order valence-corrected chi connectivity index (χ3v) is 2.73. The maximum Gasteiger partial charge on any atom is 0.234 e. The van der Waals surface area contributed by atoms with E-state index in [-0.39, 0.29) is 17.5 Å². The maximum atomic E-state index is 10.9. The summed E-state index contributed by atoms with van der Waals surface area (Å²) >= 11 is 0. The summed E-state index contributed by atoms with van der Waals surface area (Å²) in [7, 11) is 0. The molecule has 4 nitrogen and oxygen atoms in total. The normalized spacial score (nSPS) is 26.9. The lowest BCUT2D eigenvalue weighted by molar-refractivity contribution is -0.119. The van der Waals surface area contributed by atoms with E-state index in [0.29, 0.717) is 6.04 Å². The Labute approximate surface area is 92.0 Å². The molecule has 1 aliphatic rings. The zero-order valence-electron chi connectivity index (χ0n) is 9.97. The van der Waals surface area contributed by atoms with Crippen LogP contribution in [0.4, 0.5) is 0 Å². The van der Waals surface area contributed by atoms with Gasteiger partial charge in [-0.25, -0.2) is 0 Å². The van der Waals surface area contributed by atoms with Gasteiger partial charge in [0.15, 0.2) is 0 Å². The fraction of sp³-hybridized carbons (Fsp3) is 0.909. The van der Waals surface area contributed by atoms with Crippen molar-refractivity contribution in [3.05, 3.63) is 0 Å². The van der Waals surface area contributed by atoms with Gasteiger partial charge in [0, 0.05) is 11.6 Å². The highest BCUT2D eigenvalue weighted by atomic mass is 16.1. The highest BCUT2D eigenvalue weighted by Gasteiger charge is 2.26. The number of hydrogen-bond acceptors (Lipinski definition) is 3. The lowest BCUT2D eigenvalue weighted by Crippen LogP contribution is -2.42. The van der Waals surface area contributed by atoms with Crippen LogP contribution in [-0.2, 0) is 4.79 Å². The van der Waals surface area contributed by atoms with Crippen LogP contribution in [0.2, 0.25) is 0 Å². The van der Waals surface area contributed by atoms with Gasteiger partial charge in [0.2, 0.25) is 5.91 Å². The van der Waals surface area contributed by atoms with Gasteiger partial charge in [-0.3, -0.25) is 4.79 Å². The van der Waals surface area contributed by atoms with Crippen molar-refractivity contribution in [2.24, 2.45) is 5.73 Å². The first-order valence-corrected chi connectivity index (χ1v) is 5.69. The van der Waals surface area contributed by atoms with Crippen molar-refractivity contribution in [2.75, 3.05) is 6.54 Å². The monoisotopic (exact) mass is 213 g/mol. The number of carbonyl (C=O) groups is 1. The van der Waals surface area contributed by atoms with E-state index in [0.717, 1.165) is 25.8 Å². The van der Waals surface area contributed by atoms with Crippen LogP contribution in [0.3, 0.4) is 0 Å². The molecule has 1 fully saturated rings. The first-order chi connectivity index (χ1) is 6.88. The highest BCUT2D eigenvalue weighted by Crippen LogP contribution is 2.14. The average molecular weight is 213 g/mol. The Morgan fingerprint density at radius 3 is 2.60 bits per heavy atom. The van der Waals surface area contributed by atoms with Gasteiger partial charge >= 0.3 is 0 Å². The molecule has 15 heavy (non-hydrogen) atoms. The Kier molecular flexibility index (Phi) is 4.11. The third kappa shape index (κ3) is 4.62. The topological polar surface area (TPSA) is 67.1 Å². The largest absolute Gasteiger partial charge is 0.368 e. The standard InChI is InChI=1S/C11H23N3O/c1-11(2,3)13-7-6-8-4-5-9(14-8)10(12)15/h8-9,13-14H,4-7H2,1-3H3,(H2,12,15). The summed E-state index contributed by atoms with van der Waals surface area (Å²) in [5, 5.41) is 6.70. The predicted molar refractivity (Wildman–Crippen MR) is 61.5 cm³/mol. The lowest BCUT2D eigenvalue weighted by Gasteiger charge is -2.22.